The van der Waals surface area contributed by atoms with Gasteiger partial charge in [-0.15, -0.1) is 0 Å². The summed E-state index contributed by atoms with van der Waals surface area (Å²) in [6, 6.07) is 4.00. The summed E-state index contributed by atoms with van der Waals surface area (Å²) in [6.45, 7) is 0. The molecule has 0 spiro atoms. The molecule has 0 unspecified atom stereocenters. The van der Waals surface area contributed by atoms with Crippen LogP contribution in [0.4, 0.5) is 0 Å². The Hall–Kier alpha value is -1.84. The Morgan fingerprint density at radius 2 is 2.38 bits per heavy atom. The number of H-pyrrole nitrogens is 1. The second-order valence-electron chi connectivity index (χ2n) is 3.64. The Labute approximate surface area is 93.6 Å². The van der Waals surface area contributed by atoms with E-state index in [0.29, 0.717) is 6.42 Å². The molecule has 0 saturated carbocycles. The number of hydrogen-bond donors (Lipinski definition) is 1. The monoisotopic (exact) mass is 218 g/mol. The molecule has 0 saturated heterocycles. The van der Waals surface area contributed by atoms with Crippen molar-refractivity contribution in [1.29, 1.82) is 0 Å². The molecular formula is C12H14N2O2. The maximum atomic E-state index is 11.0. The summed E-state index contributed by atoms with van der Waals surface area (Å²) >= 11 is 0. The molecule has 2 aromatic rings. The van der Waals surface area contributed by atoms with Crippen LogP contribution < -0.4 is 0 Å². The second-order valence-corrected chi connectivity index (χ2v) is 3.64. The van der Waals surface area contributed by atoms with Crippen molar-refractivity contribution in [2.24, 2.45) is 0 Å². The molecule has 0 aliphatic carbocycles. The molecule has 0 atom stereocenters. The number of pyridine rings is 1. The zero-order valence-electron chi connectivity index (χ0n) is 9.19. The highest BCUT2D eigenvalue weighted by Gasteiger charge is 2.04. The molecule has 2 rings (SSSR count). The number of aryl methyl sites for hydroxylation is 1. The number of methoxy groups -OCH3 is 1. The van der Waals surface area contributed by atoms with Gasteiger partial charge in [0, 0.05) is 24.2 Å². The average molecular weight is 218 g/mol. The Morgan fingerprint density at radius 3 is 3.19 bits per heavy atom. The van der Waals surface area contributed by atoms with Crippen LogP contribution in [0.1, 0.15) is 18.4 Å². The predicted octanol–water partition coefficient (Wildman–Crippen LogP) is 2.06. The summed E-state index contributed by atoms with van der Waals surface area (Å²) in [5, 5.41) is 1.13. The fourth-order valence-electron chi connectivity index (χ4n) is 1.76. The zero-order chi connectivity index (χ0) is 11.4. The van der Waals surface area contributed by atoms with Gasteiger partial charge in [-0.3, -0.25) is 4.79 Å². The van der Waals surface area contributed by atoms with E-state index >= 15 is 0 Å². The SMILES string of the molecule is COC(=O)CCCc1ccnc2[nH]ccc12. The van der Waals surface area contributed by atoms with E-state index in [1.54, 1.807) is 6.20 Å². The molecule has 0 fully saturated rings. The largest absolute Gasteiger partial charge is 0.469 e. The van der Waals surface area contributed by atoms with Gasteiger partial charge in [-0.25, -0.2) is 4.98 Å². The fourth-order valence-corrected chi connectivity index (χ4v) is 1.76. The van der Waals surface area contributed by atoms with E-state index in [4.69, 9.17) is 0 Å². The van der Waals surface area contributed by atoms with Crippen molar-refractivity contribution < 1.29 is 9.53 Å². The Bertz CT molecular complexity index is 490. The number of ether oxygens (including phenoxy) is 1. The van der Waals surface area contributed by atoms with Gasteiger partial charge in [0.15, 0.2) is 0 Å². The highest BCUT2D eigenvalue weighted by atomic mass is 16.5. The van der Waals surface area contributed by atoms with Gasteiger partial charge in [-0.05, 0) is 30.5 Å². The maximum absolute atomic E-state index is 11.0. The lowest BCUT2D eigenvalue weighted by atomic mass is 10.1. The zero-order valence-corrected chi connectivity index (χ0v) is 9.19. The minimum Gasteiger partial charge on any atom is -0.469 e. The summed E-state index contributed by atoms with van der Waals surface area (Å²) in [4.78, 5) is 18.3. The first-order valence-electron chi connectivity index (χ1n) is 5.29. The summed E-state index contributed by atoms with van der Waals surface area (Å²) in [5.74, 6) is -0.153. The predicted molar refractivity (Wildman–Crippen MR) is 61.0 cm³/mol. The number of aromatic nitrogens is 2. The van der Waals surface area contributed by atoms with Crippen LogP contribution in [0.15, 0.2) is 24.5 Å². The van der Waals surface area contributed by atoms with Crippen molar-refractivity contribution in [2.75, 3.05) is 7.11 Å². The molecule has 4 nitrogen and oxygen atoms in total. The van der Waals surface area contributed by atoms with Gasteiger partial charge in [0.05, 0.1) is 7.11 Å². The summed E-state index contributed by atoms with van der Waals surface area (Å²) in [6.07, 6.45) is 5.79. The second kappa shape index (κ2) is 4.79. The van der Waals surface area contributed by atoms with Gasteiger partial charge in [0.25, 0.3) is 0 Å². The number of nitrogens with one attached hydrogen (secondary N) is 1. The van der Waals surface area contributed by atoms with Crippen molar-refractivity contribution in [3.63, 3.8) is 0 Å². The molecule has 16 heavy (non-hydrogen) atoms. The number of nitrogens with zero attached hydrogens (tertiary/aromatic N) is 1. The quantitative estimate of drug-likeness (QED) is 0.799. The van der Waals surface area contributed by atoms with Crippen LogP contribution in [-0.2, 0) is 16.0 Å². The molecule has 0 amide bonds. The van der Waals surface area contributed by atoms with Crippen molar-refractivity contribution in [2.45, 2.75) is 19.3 Å². The van der Waals surface area contributed by atoms with Crippen LogP contribution >= 0.6 is 0 Å². The number of aromatic amines is 1. The van der Waals surface area contributed by atoms with Gasteiger partial charge in [0.2, 0.25) is 0 Å². The van der Waals surface area contributed by atoms with Gasteiger partial charge >= 0.3 is 5.97 Å². The summed E-state index contributed by atoms with van der Waals surface area (Å²) < 4.78 is 4.60. The normalized spacial score (nSPS) is 10.6. The fraction of sp³-hybridized carbons (Fsp3) is 0.333. The number of esters is 1. The standard InChI is InChI=1S/C12H14N2O2/c1-16-11(15)4-2-3-9-5-7-13-12-10(9)6-8-14-12/h5-8H,2-4H2,1H3,(H,13,14). The highest BCUT2D eigenvalue weighted by molar-refractivity contribution is 5.79. The van der Waals surface area contributed by atoms with E-state index in [2.05, 4.69) is 14.7 Å². The number of hydrogen-bond acceptors (Lipinski definition) is 3. The van der Waals surface area contributed by atoms with E-state index in [1.165, 1.54) is 12.7 Å². The van der Waals surface area contributed by atoms with Crippen molar-refractivity contribution in [3.8, 4) is 0 Å². The number of carbonyl (C=O) groups is 1. The molecule has 2 heterocycles. The Kier molecular flexibility index (Phi) is 3.19. The first-order chi connectivity index (χ1) is 7.81. The van der Waals surface area contributed by atoms with E-state index in [1.807, 2.05) is 18.3 Å². The number of carbonyl (C=O) groups excluding carboxylic acids is 1. The van der Waals surface area contributed by atoms with E-state index in [0.717, 1.165) is 23.9 Å². The van der Waals surface area contributed by atoms with E-state index in [-0.39, 0.29) is 5.97 Å². The van der Waals surface area contributed by atoms with Crippen LogP contribution in [0.5, 0.6) is 0 Å². The lowest BCUT2D eigenvalue weighted by Gasteiger charge is -2.02. The molecule has 0 aromatic carbocycles. The molecule has 84 valence electrons. The Balaban J connectivity index is 2.04. The van der Waals surface area contributed by atoms with Crippen LogP contribution in [0.25, 0.3) is 11.0 Å². The highest BCUT2D eigenvalue weighted by Crippen LogP contribution is 2.17. The van der Waals surface area contributed by atoms with Crippen LogP contribution in [0, 0.1) is 0 Å². The molecule has 0 radical (unpaired) electrons. The lowest BCUT2D eigenvalue weighted by molar-refractivity contribution is -0.140. The van der Waals surface area contributed by atoms with E-state index in [9.17, 15) is 4.79 Å². The van der Waals surface area contributed by atoms with Crippen molar-refractivity contribution in [1.82, 2.24) is 9.97 Å². The lowest BCUT2D eigenvalue weighted by Crippen LogP contribution is -2.00. The van der Waals surface area contributed by atoms with Gasteiger partial charge < -0.3 is 9.72 Å². The minimum atomic E-state index is -0.153. The Morgan fingerprint density at radius 1 is 1.50 bits per heavy atom. The van der Waals surface area contributed by atoms with Gasteiger partial charge in [-0.1, -0.05) is 0 Å². The summed E-state index contributed by atoms with van der Waals surface area (Å²) in [5.41, 5.74) is 2.12. The molecule has 0 aliphatic heterocycles. The maximum Gasteiger partial charge on any atom is 0.305 e. The third-order valence-corrected chi connectivity index (χ3v) is 2.61. The van der Waals surface area contributed by atoms with Crippen LogP contribution in [0.2, 0.25) is 0 Å². The third-order valence-electron chi connectivity index (χ3n) is 2.61. The third kappa shape index (κ3) is 2.21. The number of fused-ring (bicyclic) bond motifs is 1. The van der Waals surface area contributed by atoms with Crippen LogP contribution in [-0.4, -0.2) is 23.0 Å². The molecule has 1 N–H and O–H groups in total. The van der Waals surface area contributed by atoms with Crippen LogP contribution in [0.3, 0.4) is 0 Å². The van der Waals surface area contributed by atoms with Crippen molar-refractivity contribution in [3.05, 3.63) is 30.1 Å². The minimum absolute atomic E-state index is 0.153. The topological polar surface area (TPSA) is 55.0 Å². The van der Waals surface area contributed by atoms with Gasteiger partial charge in [-0.2, -0.15) is 0 Å². The molecule has 0 bridgehead atoms. The molecule has 0 aliphatic rings. The molecule has 2 aromatic heterocycles. The van der Waals surface area contributed by atoms with Gasteiger partial charge in [0.1, 0.15) is 5.65 Å². The van der Waals surface area contributed by atoms with E-state index < -0.39 is 0 Å². The summed E-state index contributed by atoms with van der Waals surface area (Å²) in [7, 11) is 1.42. The molecule has 4 heteroatoms. The van der Waals surface area contributed by atoms with Crippen molar-refractivity contribution >= 4 is 17.0 Å². The number of rotatable bonds is 4. The molecular weight excluding hydrogens is 204 g/mol. The first kappa shape index (κ1) is 10.7. The average Bonchev–Trinajstić information content (AvgIpc) is 2.77. The smallest absolute Gasteiger partial charge is 0.305 e. The first-order valence-corrected chi connectivity index (χ1v) is 5.29.